The Morgan fingerprint density at radius 3 is 2.31 bits per heavy atom. The molecule has 0 saturated carbocycles. The van der Waals surface area contributed by atoms with Crippen LogP contribution in [0.25, 0.3) is 6.08 Å². The summed E-state index contributed by atoms with van der Waals surface area (Å²) in [6, 6.07) is 12.9. The molecule has 1 aliphatic heterocycles. The van der Waals surface area contributed by atoms with Crippen LogP contribution in [0, 0.1) is 11.3 Å². The van der Waals surface area contributed by atoms with E-state index in [2.05, 4.69) is 6.92 Å². The van der Waals surface area contributed by atoms with Crippen LogP contribution in [0.1, 0.15) is 51.2 Å². The van der Waals surface area contributed by atoms with Crippen LogP contribution in [-0.4, -0.2) is 50.7 Å². The molecule has 39 heavy (non-hydrogen) atoms. The molecule has 2 aromatic carbocycles. The first-order valence-corrected chi connectivity index (χ1v) is 13.2. The first-order chi connectivity index (χ1) is 18.9. The van der Waals surface area contributed by atoms with Crippen LogP contribution in [0.4, 0.5) is 0 Å². The van der Waals surface area contributed by atoms with Gasteiger partial charge in [0.1, 0.15) is 11.6 Å². The zero-order valence-electron chi connectivity index (χ0n) is 23.3. The Labute approximate surface area is 230 Å². The average molecular weight is 533 g/mol. The minimum absolute atomic E-state index is 0.0472. The number of ether oxygens (including phenoxy) is 4. The Kier molecular flexibility index (Phi) is 10.6. The van der Waals surface area contributed by atoms with Gasteiger partial charge in [-0.05, 0) is 73.7 Å². The van der Waals surface area contributed by atoms with Crippen molar-refractivity contribution in [3.63, 3.8) is 0 Å². The Morgan fingerprint density at radius 2 is 1.64 bits per heavy atom. The number of hydrogen-bond donors (Lipinski definition) is 0. The quantitative estimate of drug-likeness (QED) is 0.191. The average Bonchev–Trinajstić information content (AvgIpc) is 2.94. The second-order valence-electron chi connectivity index (χ2n) is 9.07. The third kappa shape index (κ3) is 6.99. The highest BCUT2D eigenvalue weighted by molar-refractivity contribution is 6.19. The summed E-state index contributed by atoms with van der Waals surface area (Å²) >= 11 is 0. The molecule has 1 aliphatic rings. The van der Waals surface area contributed by atoms with Gasteiger partial charge in [0.15, 0.2) is 23.0 Å². The number of carbonyl (C=O) groups excluding carboxylic acids is 2. The number of rotatable bonds is 13. The van der Waals surface area contributed by atoms with E-state index in [1.165, 1.54) is 0 Å². The highest BCUT2D eigenvalue weighted by Gasteiger charge is 2.35. The van der Waals surface area contributed by atoms with Gasteiger partial charge in [-0.2, -0.15) is 5.26 Å². The maximum absolute atomic E-state index is 13.5. The number of benzene rings is 2. The van der Waals surface area contributed by atoms with Crippen molar-refractivity contribution in [2.45, 2.75) is 46.5 Å². The van der Waals surface area contributed by atoms with E-state index in [0.717, 1.165) is 29.7 Å². The molecule has 8 nitrogen and oxygen atoms in total. The van der Waals surface area contributed by atoms with Gasteiger partial charge in [0.25, 0.3) is 11.8 Å². The highest BCUT2D eigenvalue weighted by Crippen LogP contribution is 2.33. The molecule has 0 bridgehead atoms. The second-order valence-corrected chi connectivity index (χ2v) is 9.07. The summed E-state index contributed by atoms with van der Waals surface area (Å²) < 4.78 is 22.3. The predicted octanol–water partition coefficient (Wildman–Crippen LogP) is 5.51. The van der Waals surface area contributed by atoms with Gasteiger partial charge in [-0.25, -0.2) is 0 Å². The van der Waals surface area contributed by atoms with Gasteiger partial charge < -0.3 is 18.9 Å². The third-order valence-electron chi connectivity index (χ3n) is 6.48. The largest absolute Gasteiger partial charge is 0.493 e. The van der Waals surface area contributed by atoms with E-state index in [-0.39, 0.29) is 17.7 Å². The van der Waals surface area contributed by atoms with Crippen molar-refractivity contribution in [2.75, 3.05) is 34.0 Å². The molecule has 0 spiro atoms. The van der Waals surface area contributed by atoms with Crippen molar-refractivity contribution in [1.82, 2.24) is 4.90 Å². The summed E-state index contributed by atoms with van der Waals surface area (Å²) in [5.41, 5.74) is 2.16. The summed E-state index contributed by atoms with van der Waals surface area (Å²) in [5, 5.41) is 9.74. The molecule has 2 amide bonds. The maximum atomic E-state index is 13.5. The van der Waals surface area contributed by atoms with Crippen molar-refractivity contribution in [3.05, 3.63) is 64.2 Å². The molecule has 3 rings (SSSR count). The van der Waals surface area contributed by atoms with Crippen molar-refractivity contribution >= 4 is 17.9 Å². The van der Waals surface area contributed by atoms with Gasteiger partial charge in [-0.1, -0.05) is 31.9 Å². The molecule has 0 atom stereocenters. The molecule has 0 aliphatic carbocycles. The van der Waals surface area contributed by atoms with Crippen molar-refractivity contribution in [3.8, 4) is 29.1 Å². The Hall–Kier alpha value is -4.25. The molecule has 0 radical (unpaired) electrons. The summed E-state index contributed by atoms with van der Waals surface area (Å²) in [7, 11) is 3.10. The highest BCUT2D eigenvalue weighted by atomic mass is 16.5. The van der Waals surface area contributed by atoms with Gasteiger partial charge in [-0.3, -0.25) is 14.5 Å². The van der Waals surface area contributed by atoms with E-state index >= 15 is 0 Å². The molecule has 0 saturated heterocycles. The van der Waals surface area contributed by atoms with E-state index in [1.54, 1.807) is 33.3 Å². The topological polar surface area (TPSA) is 98.1 Å². The van der Waals surface area contributed by atoms with E-state index in [4.69, 9.17) is 18.9 Å². The zero-order chi connectivity index (χ0) is 28.4. The summed E-state index contributed by atoms with van der Waals surface area (Å²) in [6.45, 7) is 6.82. The van der Waals surface area contributed by atoms with E-state index in [1.807, 2.05) is 43.3 Å². The number of amides is 2. The minimum atomic E-state index is -0.594. The first-order valence-electron chi connectivity index (χ1n) is 13.2. The number of methoxy groups -OCH3 is 2. The van der Waals surface area contributed by atoms with Gasteiger partial charge >= 0.3 is 0 Å². The molecule has 0 unspecified atom stereocenters. The van der Waals surface area contributed by atoms with E-state index in [0.29, 0.717) is 53.8 Å². The van der Waals surface area contributed by atoms with Crippen LogP contribution in [0.3, 0.4) is 0 Å². The molecule has 0 fully saturated rings. The number of imide groups is 1. The number of nitrogens with zero attached hydrogens (tertiary/aromatic N) is 2. The lowest BCUT2D eigenvalue weighted by Gasteiger charge is -2.27. The normalized spacial score (nSPS) is 14.5. The van der Waals surface area contributed by atoms with Crippen LogP contribution in [0.15, 0.2) is 53.1 Å². The first kappa shape index (κ1) is 29.3. The Morgan fingerprint density at radius 1 is 0.897 bits per heavy atom. The van der Waals surface area contributed by atoms with Crippen LogP contribution in [0.5, 0.6) is 23.0 Å². The Bertz CT molecular complexity index is 1300. The van der Waals surface area contributed by atoms with Crippen LogP contribution in [-0.2, 0) is 16.0 Å². The fourth-order valence-corrected chi connectivity index (χ4v) is 4.31. The van der Waals surface area contributed by atoms with Crippen LogP contribution < -0.4 is 18.9 Å². The lowest BCUT2D eigenvalue weighted by molar-refractivity contribution is -0.140. The van der Waals surface area contributed by atoms with Gasteiger partial charge in [0.05, 0.1) is 27.4 Å². The fraction of sp³-hybridized carbons (Fsp3) is 0.387. The van der Waals surface area contributed by atoms with Crippen molar-refractivity contribution in [1.29, 1.82) is 5.26 Å². The summed E-state index contributed by atoms with van der Waals surface area (Å²) in [4.78, 5) is 27.7. The van der Waals surface area contributed by atoms with Gasteiger partial charge in [-0.15, -0.1) is 0 Å². The summed E-state index contributed by atoms with van der Waals surface area (Å²) in [5.74, 6) is 1.32. The van der Waals surface area contributed by atoms with Crippen molar-refractivity contribution < 1.29 is 28.5 Å². The molecule has 0 aromatic heterocycles. The molecule has 1 heterocycles. The van der Waals surface area contributed by atoms with Crippen molar-refractivity contribution in [2.24, 2.45) is 0 Å². The smallest absolute Gasteiger partial charge is 0.271 e. The lowest BCUT2D eigenvalue weighted by Crippen LogP contribution is -2.43. The number of hydrogen-bond acceptors (Lipinski definition) is 7. The minimum Gasteiger partial charge on any atom is -0.493 e. The monoisotopic (exact) mass is 532 g/mol. The molecule has 0 N–H and O–H groups in total. The molecule has 206 valence electrons. The molecule has 2 aromatic rings. The SMILES string of the molecule is CCCCCOc1ccc(/C=C2/C(=O)N(CCc3ccc(OC)c(OC)c3)C(=O)C(C#N)=C2C)cc1OCC. The second kappa shape index (κ2) is 14.1. The number of unbranched alkanes of at least 4 members (excludes halogenated alkanes) is 2. The molecular formula is C31H36N2O6. The standard InChI is InChI=1S/C31H36N2O6/c1-6-8-9-16-39-27-13-11-23(19-29(27)38-7-2)17-24-21(3)25(20-32)31(35)33(30(24)34)15-14-22-10-12-26(36-4)28(18-22)37-5/h10-13,17-19H,6-9,14-16H2,1-5H3/b24-17+. The number of nitriles is 1. The maximum Gasteiger partial charge on any atom is 0.271 e. The van der Waals surface area contributed by atoms with Crippen LogP contribution in [0.2, 0.25) is 0 Å². The predicted molar refractivity (Wildman–Crippen MR) is 149 cm³/mol. The third-order valence-corrected chi connectivity index (χ3v) is 6.48. The number of carbonyl (C=O) groups is 2. The summed E-state index contributed by atoms with van der Waals surface area (Å²) in [6.07, 6.45) is 5.23. The molecular weight excluding hydrogens is 496 g/mol. The molecule has 8 heteroatoms. The van der Waals surface area contributed by atoms with E-state index in [9.17, 15) is 14.9 Å². The van der Waals surface area contributed by atoms with Crippen LogP contribution >= 0.6 is 0 Å². The van der Waals surface area contributed by atoms with Gasteiger partial charge in [0.2, 0.25) is 0 Å². The van der Waals surface area contributed by atoms with E-state index < -0.39 is 11.8 Å². The lowest BCUT2D eigenvalue weighted by atomic mass is 9.93. The van der Waals surface area contributed by atoms with Gasteiger partial charge in [0, 0.05) is 12.1 Å². The Balaban J connectivity index is 1.89. The zero-order valence-corrected chi connectivity index (χ0v) is 23.3. The fourth-order valence-electron chi connectivity index (χ4n) is 4.31.